The van der Waals surface area contributed by atoms with Gasteiger partial charge in [0, 0.05) is 19.3 Å². The summed E-state index contributed by atoms with van der Waals surface area (Å²) in [6.07, 6.45) is 1.47. The molecule has 2 N–H and O–H groups in total. The van der Waals surface area contributed by atoms with Crippen LogP contribution in [0.4, 0.5) is 17.2 Å². The summed E-state index contributed by atoms with van der Waals surface area (Å²) in [5.41, 5.74) is 0.144. The molecule has 1 heterocycles. The van der Waals surface area contributed by atoms with Gasteiger partial charge >= 0.3 is 0 Å². The van der Waals surface area contributed by atoms with Crippen LogP contribution in [-0.2, 0) is 0 Å². The maximum Gasteiger partial charge on any atom is 0.293 e. The first kappa shape index (κ1) is 13.4. The van der Waals surface area contributed by atoms with Gasteiger partial charge in [-0.3, -0.25) is 14.9 Å². The Bertz CT molecular complexity index is 645. The summed E-state index contributed by atoms with van der Waals surface area (Å²) in [6, 6.07) is 7.45. The zero-order valence-electron chi connectivity index (χ0n) is 10.5. The number of rotatable bonds is 4. The lowest BCUT2D eigenvalue weighted by molar-refractivity contribution is -0.384. The minimum Gasteiger partial charge on any atom is -0.382 e. The van der Waals surface area contributed by atoms with Gasteiger partial charge in [0.05, 0.1) is 10.5 Å². The minimum atomic E-state index is -0.551. The van der Waals surface area contributed by atoms with Crippen molar-refractivity contribution in [3.05, 3.63) is 52.2 Å². The number of nitro groups is 1. The van der Waals surface area contributed by atoms with Crippen molar-refractivity contribution in [3.8, 4) is 0 Å². The van der Waals surface area contributed by atoms with Crippen LogP contribution in [0.2, 0.25) is 0 Å². The number of carbonyl (C=O) groups excluding carboxylic acids is 1. The highest BCUT2D eigenvalue weighted by Crippen LogP contribution is 2.28. The van der Waals surface area contributed by atoms with Crippen LogP contribution in [0, 0.1) is 10.1 Å². The van der Waals surface area contributed by atoms with Gasteiger partial charge in [-0.05, 0) is 18.2 Å². The second-order valence-electron chi connectivity index (χ2n) is 3.77. The Balaban J connectivity index is 2.35. The van der Waals surface area contributed by atoms with E-state index in [2.05, 4.69) is 20.8 Å². The van der Waals surface area contributed by atoms with Gasteiger partial charge in [-0.25, -0.2) is 0 Å². The molecule has 0 saturated heterocycles. The zero-order valence-corrected chi connectivity index (χ0v) is 10.5. The first-order valence-corrected chi connectivity index (χ1v) is 5.67. The number of aromatic nitrogens is 2. The molecule has 0 aliphatic heterocycles. The summed E-state index contributed by atoms with van der Waals surface area (Å²) >= 11 is 0. The maximum absolute atomic E-state index is 12.1. The molecule has 8 nitrogen and oxygen atoms in total. The van der Waals surface area contributed by atoms with Crippen LogP contribution in [0.3, 0.4) is 0 Å². The van der Waals surface area contributed by atoms with Crippen LogP contribution in [-0.4, -0.2) is 28.1 Å². The molecule has 0 saturated carbocycles. The van der Waals surface area contributed by atoms with E-state index in [4.69, 9.17) is 0 Å². The molecule has 102 valence electrons. The van der Waals surface area contributed by atoms with Gasteiger partial charge in [0.1, 0.15) is 5.69 Å². The standard InChI is InChI=1S/C12H11N5O3/c1-13-11-8(4-2-5-9(11)17(19)20)12(18)15-10-6-3-7-14-16-10/h2-7,13H,1H3,(H,15,16,18). The van der Waals surface area contributed by atoms with Crippen molar-refractivity contribution < 1.29 is 9.72 Å². The molecule has 0 bridgehead atoms. The van der Waals surface area contributed by atoms with E-state index < -0.39 is 10.8 Å². The molecule has 0 unspecified atom stereocenters. The Hall–Kier alpha value is -3.03. The highest BCUT2D eigenvalue weighted by molar-refractivity contribution is 6.08. The molecule has 1 aromatic heterocycles. The monoisotopic (exact) mass is 273 g/mol. The SMILES string of the molecule is CNc1c(C(=O)Nc2cccnn2)cccc1[N+](=O)[O-]. The fourth-order valence-corrected chi connectivity index (χ4v) is 1.70. The normalized spacial score (nSPS) is 9.85. The van der Waals surface area contributed by atoms with Crippen molar-refractivity contribution in [3.63, 3.8) is 0 Å². The highest BCUT2D eigenvalue weighted by Gasteiger charge is 2.20. The molecule has 0 aliphatic rings. The molecule has 1 amide bonds. The molecular formula is C12H11N5O3. The van der Waals surface area contributed by atoms with E-state index in [-0.39, 0.29) is 22.8 Å². The van der Waals surface area contributed by atoms with E-state index in [1.54, 1.807) is 12.1 Å². The lowest BCUT2D eigenvalue weighted by atomic mass is 10.1. The van der Waals surface area contributed by atoms with Crippen LogP contribution in [0.1, 0.15) is 10.4 Å². The number of para-hydroxylation sites is 1. The Labute approximate surface area is 114 Å². The predicted molar refractivity (Wildman–Crippen MR) is 72.6 cm³/mol. The first-order valence-electron chi connectivity index (χ1n) is 5.67. The average Bonchev–Trinajstić information content (AvgIpc) is 2.47. The fraction of sp³-hybridized carbons (Fsp3) is 0.0833. The van der Waals surface area contributed by atoms with E-state index in [1.165, 1.54) is 31.4 Å². The van der Waals surface area contributed by atoms with Crippen LogP contribution >= 0.6 is 0 Å². The van der Waals surface area contributed by atoms with Gasteiger partial charge < -0.3 is 10.6 Å². The van der Waals surface area contributed by atoms with Gasteiger partial charge in [0.2, 0.25) is 0 Å². The van der Waals surface area contributed by atoms with Crippen molar-refractivity contribution in [2.24, 2.45) is 0 Å². The number of nitrogens with zero attached hydrogens (tertiary/aromatic N) is 3. The molecular weight excluding hydrogens is 262 g/mol. The molecule has 0 fully saturated rings. The molecule has 0 aliphatic carbocycles. The molecule has 0 spiro atoms. The molecule has 8 heteroatoms. The number of hydrogen-bond acceptors (Lipinski definition) is 6. The van der Waals surface area contributed by atoms with Gasteiger partial charge in [0.15, 0.2) is 5.82 Å². The fourth-order valence-electron chi connectivity index (χ4n) is 1.70. The van der Waals surface area contributed by atoms with Crippen LogP contribution in [0.5, 0.6) is 0 Å². The van der Waals surface area contributed by atoms with Gasteiger partial charge in [-0.15, -0.1) is 5.10 Å². The highest BCUT2D eigenvalue weighted by atomic mass is 16.6. The van der Waals surface area contributed by atoms with E-state index in [0.29, 0.717) is 0 Å². The summed E-state index contributed by atoms with van der Waals surface area (Å²) in [5, 5.41) is 23.5. The number of anilines is 2. The number of amides is 1. The number of hydrogen-bond donors (Lipinski definition) is 2. The smallest absolute Gasteiger partial charge is 0.293 e. The van der Waals surface area contributed by atoms with Crippen LogP contribution < -0.4 is 10.6 Å². The van der Waals surface area contributed by atoms with Gasteiger partial charge in [-0.2, -0.15) is 5.10 Å². The second-order valence-corrected chi connectivity index (χ2v) is 3.77. The molecule has 1 aromatic carbocycles. The van der Waals surface area contributed by atoms with Crippen molar-refractivity contribution >= 4 is 23.1 Å². The molecule has 2 aromatic rings. The Morgan fingerprint density at radius 1 is 1.30 bits per heavy atom. The summed E-state index contributed by atoms with van der Waals surface area (Å²) in [5.74, 6) is -0.232. The largest absolute Gasteiger partial charge is 0.382 e. The van der Waals surface area contributed by atoms with Crippen molar-refractivity contribution in [2.75, 3.05) is 17.7 Å². The second kappa shape index (κ2) is 5.74. The number of carbonyl (C=O) groups is 1. The third-order valence-corrected chi connectivity index (χ3v) is 2.55. The Morgan fingerprint density at radius 3 is 2.70 bits per heavy atom. The third-order valence-electron chi connectivity index (χ3n) is 2.55. The Morgan fingerprint density at radius 2 is 2.10 bits per heavy atom. The summed E-state index contributed by atoms with van der Waals surface area (Å²) in [4.78, 5) is 22.5. The van der Waals surface area contributed by atoms with Crippen LogP contribution in [0.25, 0.3) is 0 Å². The number of nitrogens with one attached hydrogen (secondary N) is 2. The van der Waals surface area contributed by atoms with Crippen molar-refractivity contribution in [2.45, 2.75) is 0 Å². The van der Waals surface area contributed by atoms with Gasteiger partial charge in [-0.1, -0.05) is 6.07 Å². The summed E-state index contributed by atoms with van der Waals surface area (Å²) in [6.45, 7) is 0. The topological polar surface area (TPSA) is 110 Å². The molecule has 20 heavy (non-hydrogen) atoms. The summed E-state index contributed by atoms with van der Waals surface area (Å²) in [7, 11) is 1.52. The maximum atomic E-state index is 12.1. The Kier molecular flexibility index (Phi) is 3.85. The summed E-state index contributed by atoms with van der Waals surface area (Å²) < 4.78 is 0. The van der Waals surface area contributed by atoms with E-state index in [1.807, 2.05) is 0 Å². The van der Waals surface area contributed by atoms with Crippen molar-refractivity contribution in [1.82, 2.24) is 10.2 Å². The molecule has 2 rings (SSSR count). The number of nitro benzene ring substituents is 1. The molecule has 0 atom stereocenters. The first-order chi connectivity index (χ1) is 9.63. The quantitative estimate of drug-likeness (QED) is 0.647. The molecule has 0 radical (unpaired) electrons. The lowest BCUT2D eigenvalue weighted by Crippen LogP contribution is -2.15. The number of benzene rings is 1. The minimum absolute atomic E-state index is 0.152. The predicted octanol–water partition coefficient (Wildman–Crippen LogP) is 1.68. The van der Waals surface area contributed by atoms with Crippen LogP contribution in [0.15, 0.2) is 36.5 Å². The zero-order chi connectivity index (χ0) is 14.5. The van der Waals surface area contributed by atoms with Crippen molar-refractivity contribution in [1.29, 1.82) is 0 Å². The average molecular weight is 273 g/mol. The third kappa shape index (κ3) is 2.69. The lowest BCUT2D eigenvalue weighted by Gasteiger charge is -2.09. The van der Waals surface area contributed by atoms with E-state index in [9.17, 15) is 14.9 Å². The van der Waals surface area contributed by atoms with E-state index in [0.717, 1.165) is 0 Å². The van der Waals surface area contributed by atoms with E-state index >= 15 is 0 Å². The van der Waals surface area contributed by atoms with Gasteiger partial charge in [0.25, 0.3) is 11.6 Å².